The molecule has 21 heavy (non-hydrogen) atoms. The number of benzene rings is 1. The quantitative estimate of drug-likeness (QED) is 0.646. The maximum Gasteiger partial charge on any atom is 0.306 e. The van der Waals surface area contributed by atoms with Crippen molar-refractivity contribution in [2.24, 2.45) is 0 Å². The van der Waals surface area contributed by atoms with Crippen LogP contribution in [0.5, 0.6) is 0 Å². The molecule has 0 spiro atoms. The summed E-state index contributed by atoms with van der Waals surface area (Å²) in [6.45, 7) is 4.16. The first-order chi connectivity index (χ1) is 9.93. The van der Waals surface area contributed by atoms with E-state index in [9.17, 15) is 9.59 Å². The Morgan fingerprint density at radius 2 is 1.90 bits per heavy atom. The number of amides is 1. The topological polar surface area (TPSA) is 67.4 Å². The lowest BCUT2D eigenvalue weighted by molar-refractivity contribution is -0.142. The second-order valence-corrected chi connectivity index (χ2v) is 5.23. The normalized spacial score (nSPS) is 10.1. The van der Waals surface area contributed by atoms with E-state index in [1.54, 1.807) is 0 Å². The van der Waals surface area contributed by atoms with Gasteiger partial charge in [0.05, 0.1) is 13.5 Å². The minimum absolute atomic E-state index is 0.0352. The molecular formula is C15H20N2O3S. The monoisotopic (exact) mass is 308 g/mol. The summed E-state index contributed by atoms with van der Waals surface area (Å²) in [7, 11) is 1.29. The van der Waals surface area contributed by atoms with Crippen LogP contribution in [0.3, 0.4) is 0 Å². The van der Waals surface area contributed by atoms with Gasteiger partial charge in [0.15, 0.2) is 5.11 Å². The number of hydrogen-bond donors (Lipinski definition) is 2. The van der Waals surface area contributed by atoms with Crippen molar-refractivity contribution in [2.75, 3.05) is 12.4 Å². The van der Waals surface area contributed by atoms with E-state index in [1.807, 2.05) is 24.3 Å². The molecular weight excluding hydrogens is 288 g/mol. The third kappa shape index (κ3) is 5.91. The Hall–Kier alpha value is -1.95. The van der Waals surface area contributed by atoms with Crippen LogP contribution < -0.4 is 10.6 Å². The summed E-state index contributed by atoms with van der Waals surface area (Å²) in [6, 6.07) is 7.77. The fraction of sp³-hybridized carbons (Fsp3) is 0.400. The maximum absolute atomic E-state index is 11.6. The highest BCUT2D eigenvalue weighted by Crippen LogP contribution is 2.23. The Labute approximate surface area is 130 Å². The standard InChI is InChI=1S/C15H20N2O3S/c1-10(2)11-6-4-5-7-12(11)16-15(21)17-13(18)8-9-14(19)20-3/h4-7,10H,8-9H2,1-3H3,(H2,16,17,18,21). The van der Waals surface area contributed by atoms with Gasteiger partial charge in [-0.05, 0) is 29.8 Å². The highest BCUT2D eigenvalue weighted by molar-refractivity contribution is 7.80. The van der Waals surface area contributed by atoms with Crippen LogP contribution in [-0.4, -0.2) is 24.1 Å². The lowest BCUT2D eigenvalue weighted by Gasteiger charge is -2.15. The van der Waals surface area contributed by atoms with Crippen molar-refractivity contribution in [3.8, 4) is 0 Å². The van der Waals surface area contributed by atoms with Crippen molar-refractivity contribution in [3.05, 3.63) is 29.8 Å². The molecule has 0 heterocycles. The molecule has 0 aliphatic rings. The average molecular weight is 308 g/mol. The SMILES string of the molecule is COC(=O)CCC(=O)NC(=S)Nc1ccccc1C(C)C. The fourth-order valence-electron chi connectivity index (χ4n) is 1.77. The molecule has 114 valence electrons. The predicted octanol–water partition coefficient (Wildman–Crippen LogP) is 2.58. The first-order valence-electron chi connectivity index (χ1n) is 6.70. The molecule has 1 amide bonds. The highest BCUT2D eigenvalue weighted by Gasteiger charge is 2.10. The molecule has 5 nitrogen and oxygen atoms in total. The maximum atomic E-state index is 11.6. The van der Waals surface area contributed by atoms with Crippen LogP contribution in [0.25, 0.3) is 0 Å². The van der Waals surface area contributed by atoms with Gasteiger partial charge in [-0.3, -0.25) is 9.59 Å². The number of carbonyl (C=O) groups is 2. The Morgan fingerprint density at radius 1 is 1.24 bits per heavy atom. The number of carbonyl (C=O) groups excluding carboxylic acids is 2. The van der Waals surface area contributed by atoms with Crippen LogP contribution in [0.1, 0.15) is 38.2 Å². The lowest BCUT2D eigenvalue weighted by Crippen LogP contribution is -2.34. The van der Waals surface area contributed by atoms with Crippen LogP contribution in [-0.2, 0) is 14.3 Å². The summed E-state index contributed by atoms with van der Waals surface area (Å²) in [5, 5.41) is 5.78. The van der Waals surface area contributed by atoms with E-state index in [-0.39, 0.29) is 23.9 Å². The lowest BCUT2D eigenvalue weighted by atomic mass is 10.0. The average Bonchev–Trinajstić information content (AvgIpc) is 2.44. The molecule has 0 aliphatic heterocycles. The van der Waals surface area contributed by atoms with Crippen molar-refractivity contribution in [3.63, 3.8) is 0 Å². The second kappa shape index (κ2) is 8.36. The van der Waals surface area contributed by atoms with E-state index in [1.165, 1.54) is 7.11 Å². The van der Waals surface area contributed by atoms with E-state index < -0.39 is 5.97 Å². The van der Waals surface area contributed by atoms with Gasteiger partial charge in [0.2, 0.25) is 5.91 Å². The van der Waals surface area contributed by atoms with Gasteiger partial charge in [-0.25, -0.2) is 0 Å². The third-order valence-corrected chi connectivity index (χ3v) is 3.07. The number of nitrogens with one attached hydrogen (secondary N) is 2. The van der Waals surface area contributed by atoms with Crippen LogP contribution >= 0.6 is 12.2 Å². The van der Waals surface area contributed by atoms with Gasteiger partial charge >= 0.3 is 5.97 Å². The van der Waals surface area contributed by atoms with Crippen molar-refractivity contribution < 1.29 is 14.3 Å². The van der Waals surface area contributed by atoms with Crippen molar-refractivity contribution in [2.45, 2.75) is 32.6 Å². The number of hydrogen-bond acceptors (Lipinski definition) is 4. The summed E-state index contributed by atoms with van der Waals surface area (Å²) < 4.78 is 4.48. The van der Waals surface area contributed by atoms with Crippen molar-refractivity contribution >= 4 is 34.9 Å². The van der Waals surface area contributed by atoms with Crippen LogP contribution in [0, 0.1) is 0 Å². The molecule has 1 aromatic rings. The fourth-order valence-corrected chi connectivity index (χ4v) is 2.00. The van der Waals surface area contributed by atoms with Crippen LogP contribution in [0.2, 0.25) is 0 Å². The number of rotatable bonds is 5. The summed E-state index contributed by atoms with van der Waals surface area (Å²) in [5.74, 6) is -0.402. The molecule has 2 N–H and O–H groups in total. The predicted molar refractivity (Wildman–Crippen MR) is 86.1 cm³/mol. The van der Waals surface area contributed by atoms with Crippen LogP contribution in [0.4, 0.5) is 5.69 Å². The molecule has 0 saturated heterocycles. The number of anilines is 1. The number of thiocarbonyl (C=S) groups is 1. The first-order valence-corrected chi connectivity index (χ1v) is 7.11. The zero-order chi connectivity index (χ0) is 15.8. The zero-order valence-corrected chi connectivity index (χ0v) is 13.3. The number of para-hydroxylation sites is 1. The molecule has 0 radical (unpaired) electrons. The van der Waals surface area contributed by atoms with Gasteiger partial charge in [0, 0.05) is 12.1 Å². The smallest absolute Gasteiger partial charge is 0.306 e. The van der Waals surface area contributed by atoms with Gasteiger partial charge in [-0.15, -0.1) is 0 Å². The van der Waals surface area contributed by atoms with E-state index in [0.29, 0.717) is 5.92 Å². The molecule has 0 atom stereocenters. The summed E-state index contributed by atoms with van der Waals surface area (Å²) in [6.07, 6.45) is 0.0772. The summed E-state index contributed by atoms with van der Waals surface area (Å²) in [5.41, 5.74) is 1.98. The number of ether oxygens (including phenoxy) is 1. The van der Waals surface area contributed by atoms with Crippen molar-refractivity contribution in [1.82, 2.24) is 5.32 Å². The van der Waals surface area contributed by atoms with Gasteiger partial charge in [0.25, 0.3) is 0 Å². The Kier molecular flexibility index (Phi) is 6.81. The Bertz CT molecular complexity index is 529. The molecule has 1 aromatic carbocycles. The molecule has 0 saturated carbocycles. The van der Waals surface area contributed by atoms with Gasteiger partial charge < -0.3 is 15.4 Å². The van der Waals surface area contributed by atoms with Crippen LogP contribution in [0.15, 0.2) is 24.3 Å². The van der Waals surface area contributed by atoms with E-state index >= 15 is 0 Å². The zero-order valence-electron chi connectivity index (χ0n) is 12.4. The minimum Gasteiger partial charge on any atom is -0.469 e. The van der Waals surface area contributed by atoms with E-state index in [4.69, 9.17) is 12.2 Å². The van der Waals surface area contributed by atoms with E-state index in [0.717, 1.165) is 11.3 Å². The summed E-state index contributed by atoms with van der Waals surface area (Å²) >= 11 is 5.11. The summed E-state index contributed by atoms with van der Waals surface area (Å²) in [4.78, 5) is 22.6. The van der Waals surface area contributed by atoms with E-state index in [2.05, 4.69) is 29.2 Å². The molecule has 0 aromatic heterocycles. The first kappa shape index (κ1) is 17.1. The number of methoxy groups -OCH3 is 1. The van der Waals surface area contributed by atoms with Crippen molar-refractivity contribution in [1.29, 1.82) is 0 Å². The highest BCUT2D eigenvalue weighted by atomic mass is 32.1. The second-order valence-electron chi connectivity index (χ2n) is 4.82. The molecule has 6 heteroatoms. The van der Waals surface area contributed by atoms with Gasteiger partial charge in [-0.1, -0.05) is 32.0 Å². The largest absolute Gasteiger partial charge is 0.469 e. The number of esters is 1. The van der Waals surface area contributed by atoms with Gasteiger partial charge in [0.1, 0.15) is 0 Å². The van der Waals surface area contributed by atoms with Gasteiger partial charge in [-0.2, -0.15) is 0 Å². The minimum atomic E-state index is -0.422. The molecule has 0 unspecified atom stereocenters. The molecule has 0 bridgehead atoms. The molecule has 0 aliphatic carbocycles. The Balaban J connectivity index is 2.54. The molecule has 1 rings (SSSR count). The third-order valence-electron chi connectivity index (χ3n) is 2.87. The Morgan fingerprint density at radius 3 is 2.52 bits per heavy atom. The molecule has 0 fully saturated rings.